The van der Waals surface area contributed by atoms with Gasteiger partial charge in [0, 0.05) is 25.7 Å². The number of hydrogen-bond acceptors (Lipinski definition) is 2. The molecule has 1 fully saturated rings. The van der Waals surface area contributed by atoms with Crippen LogP contribution in [0.5, 0.6) is 0 Å². The molecule has 2 rings (SSSR count). The van der Waals surface area contributed by atoms with Crippen LogP contribution in [0.4, 0.5) is 13.2 Å². The van der Waals surface area contributed by atoms with Crippen molar-refractivity contribution in [2.45, 2.75) is 24.9 Å². The molecule has 1 aliphatic heterocycles. The molecule has 0 aromatic carbocycles. The van der Waals surface area contributed by atoms with Crippen molar-refractivity contribution in [3.63, 3.8) is 0 Å². The maximum atomic E-state index is 12.3. The Morgan fingerprint density at radius 3 is 2.82 bits per heavy atom. The first-order valence-corrected chi connectivity index (χ1v) is 5.73. The molecule has 96 valence electrons. The Kier molecular flexibility index (Phi) is 3.42. The molecule has 0 spiro atoms. The SMILES string of the molecule is Cn1ccc([C@H]2CCCN(CC(F)(F)F)C2)n1. The second kappa shape index (κ2) is 4.68. The minimum Gasteiger partial charge on any atom is -0.294 e. The average molecular weight is 247 g/mol. The fourth-order valence-corrected chi connectivity index (χ4v) is 2.34. The lowest BCUT2D eigenvalue weighted by atomic mass is 9.95. The van der Waals surface area contributed by atoms with Gasteiger partial charge in [0.25, 0.3) is 0 Å². The third-order valence-corrected chi connectivity index (χ3v) is 3.06. The van der Waals surface area contributed by atoms with Crippen molar-refractivity contribution in [3.8, 4) is 0 Å². The standard InChI is InChI=1S/C11H16F3N3/c1-16-6-4-10(15-16)9-3-2-5-17(7-9)8-11(12,13)14/h4,6,9H,2-3,5,7-8H2,1H3/t9-/m0/s1. The quantitative estimate of drug-likeness (QED) is 0.798. The van der Waals surface area contributed by atoms with Gasteiger partial charge in [-0.05, 0) is 25.5 Å². The van der Waals surface area contributed by atoms with Gasteiger partial charge >= 0.3 is 6.18 Å². The summed E-state index contributed by atoms with van der Waals surface area (Å²) in [4.78, 5) is 1.48. The summed E-state index contributed by atoms with van der Waals surface area (Å²) in [6.07, 6.45) is -0.549. The molecule has 1 aromatic rings. The van der Waals surface area contributed by atoms with E-state index >= 15 is 0 Å². The van der Waals surface area contributed by atoms with Crippen molar-refractivity contribution >= 4 is 0 Å². The third-order valence-electron chi connectivity index (χ3n) is 3.06. The van der Waals surface area contributed by atoms with Crippen LogP contribution in [-0.4, -0.2) is 40.5 Å². The lowest BCUT2D eigenvalue weighted by molar-refractivity contribution is -0.148. The first-order chi connectivity index (χ1) is 7.94. The van der Waals surface area contributed by atoms with E-state index in [1.165, 1.54) is 4.90 Å². The fourth-order valence-electron chi connectivity index (χ4n) is 2.34. The number of rotatable bonds is 2. The smallest absolute Gasteiger partial charge is 0.294 e. The van der Waals surface area contributed by atoms with Gasteiger partial charge < -0.3 is 0 Å². The molecule has 0 radical (unpaired) electrons. The molecule has 0 amide bonds. The first-order valence-electron chi connectivity index (χ1n) is 5.73. The van der Waals surface area contributed by atoms with Crippen molar-refractivity contribution in [2.75, 3.05) is 19.6 Å². The minimum atomic E-state index is -4.11. The monoisotopic (exact) mass is 247 g/mol. The van der Waals surface area contributed by atoms with Crippen LogP contribution in [0, 0.1) is 0 Å². The highest BCUT2D eigenvalue weighted by Crippen LogP contribution is 2.27. The second-order valence-corrected chi connectivity index (χ2v) is 4.60. The van der Waals surface area contributed by atoms with Crippen LogP contribution in [0.15, 0.2) is 12.3 Å². The molecule has 0 bridgehead atoms. The molecule has 0 unspecified atom stereocenters. The summed E-state index contributed by atoms with van der Waals surface area (Å²) >= 11 is 0. The second-order valence-electron chi connectivity index (χ2n) is 4.60. The molecular weight excluding hydrogens is 231 g/mol. The Bertz CT molecular complexity index is 372. The average Bonchev–Trinajstić information content (AvgIpc) is 2.63. The highest BCUT2D eigenvalue weighted by molar-refractivity contribution is 5.08. The molecule has 0 aliphatic carbocycles. The molecule has 0 saturated carbocycles. The summed E-state index contributed by atoms with van der Waals surface area (Å²) in [7, 11) is 1.82. The van der Waals surface area contributed by atoms with Gasteiger partial charge in [0.2, 0.25) is 0 Å². The highest BCUT2D eigenvalue weighted by Gasteiger charge is 2.33. The Hall–Kier alpha value is -1.04. The largest absolute Gasteiger partial charge is 0.401 e. The van der Waals surface area contributed by atoms with Gasteiger partial charge in [0.05, 0.1) is 12.2 Å². The lowest BCUT2D eigenvalue weighted by Gasteiger charge is -2.32. The molecule has 1 aliphatic rings. The summed E-state index contributed by atoms with van der Waals surface area (Å²) in [5, 5.41) is 4.27. The zero-order valence-corrected chi connectivity index (χ0v) is 9.74. The molecule has 1 saturated heterocycles. The van der Waals surface area contributed by atoms with Crippen LogP contribution < -0.4 is 0 Å². The molecule has 3 nitrogen and oxygen atoms in total. The van der Waals surface area contributed by atoms with E-state index in [-0.39, 0.29) is 5.92 Å². The summed E-state index contributed by atoms with van der Waals surface area (Å²) in [5.74, 6) is 0.132. The van der Waals surface area contributed by atoms with E-state index in [9.17, 15) is 13.2 Å². The van der Waals surface area contributed by atoms with Crippen LogP contribution in [0.2, 0.25) is 0 Å². The number of likely N-dealkylation sites (tertiary alicyclic amines) is 1. The maximum Gasteiger partial charge on any atom is 0.401 e. The van der Waals surface area contributed by atoms with Gasteiger partial charge in [-0.25, -0.2) is 0 Å². The summed E-state index contributed by atoms with van der Waals surface area (Å²) in [6.45, 7) is 0.176. The van der Waals surface area contributed by atoms with Crippen LogP contribution in [0.25, 0.3) is 0 Å². The Labute approximate surface area is 98.2 Å². The van der Waals surface area contributed by atoms with Crippen LogP contribution in [-0.2, 0) is 7.05 Å². The number of halogens is 3. The zero-order valence-electron chi connectivity index (χ0n) is 9.74. The number of aryl methyl sites for hydroxylation is 1. The Morgan fingerprint density at radius 2 is 2.24 bits per heavy atom. The van der Waals surface area contributed by atoms with E-state index in [0.29, 0.717) is 13.1 Å². The van der Waals surface area contributed by atoms with E-state index in [2.05, 4.69) is 5.10 Å². The van der Waals surface area contributed by atoms with E-state index in [1.807, 2.05) is 19.3 Å². The van der Waals surface area contributed by atoms with Gasteiger partial charge in [-0.15, -0.1) is 0 Å². The number of alkyl halides is 3. The molecule has 1 atom stereocenters. The summed E-state index contributed by atoms with van der Waals surface area (Å²) in [5.41, 5.74) is 0.902. The topological polar surface area (TPSA) is 21.1 Å². The predicted octanol–water partition coefficient (Wildman–Crippen LogP) is 2.16. The maximum absolute atomic E-state index is 12.3. The van der Waals surface area contributed by atoms with Gasteiger partial charge in [-0.1, -0.05) is 0 Å². The Morgan fingerprint density at radius 1 is 1.47 bits per heavy atom. The number of hydrogen-bond donors (Lipinski definition) is 0. The van der Waals surface area contributed by atoms with Crippen molar-refractivity contribution in [3.05, 3.63) is 18.0 Å². The van der Waals surface area contributed by atoms with Gasteiger partial charge in [0.1, 0.15) is 0 Å². The van der Waals surface area contributed by atoms with Gasteiger partial charge in [-0.3, -0.25) is 9.58 Å². The van der Waals surface area contributed by atoms with Crippen molar-refractivity contribution in [1.29, 1.82) is 0 Å². The first kappa shape index (κ1) is 12.4. The molecule has 2 heterocycles. The zero-order chi connectivity index (χ0) is 12.5. The molecule has 17 heavy (non-hydrogen) atoms. The molecular formula is C11H16F3N3. The Balaban J connectivity index is 1.97. The van der Waals surface area contributed by atoms with E-state index < -0.39 is 12.7 Å². The normalized spacial score (nSPS) is 22.9. The van der Waals surface area contributed by atoms with Crippen molar-refractivity contribution in [2.24, 2.45) is 7.05 Å². The van der Waals surface area contributed by atoms with Crippen molar-refractivity contribution in [1.82, 2.24) is 14.7 Å². The number of aromatic nitrogens is 2. The van der Waals surface area contributed by atoms with Crippen LogP contribution in [0.3, 0.4) is 0 Å². The fraction of sp³-hybridized carbons (Fsp3) is 0.727. The predicted molar refractivity (Wildman–Crippen MR) is 57.7 cm³/mol. The molecule has 0 N–H and O–H groups in total. The van der Waals surface area contributed by atoms with E-state index in [4.69, 9.17) is 0 Å². The highest BCUT2D eigenvalue weighted by atomic mass is 19.4. The van der Waals surface area contributed by atoms with Crippen LogP contribution in [0.1, 0.15) is 24.5 Å². The third kappa shape index (κ3) is 3.46. The van der Waals surface area contributed by atoms with E-state index in [1.54, 1.807) is 4.68 Å². The summed E-state index contributed by atoms with van der Waals surface area (Å²) < 4.78 is 38.6. The number of piperidine rings is 1. The van der Waals surface area contributed by atoms with Crippen molar-refractivity contribution < 1.29 is 13.2 Å². The molecule has 1 aromatic heterocycles. The summed E-state index contributed by atoms with van der Waals surface area (Å²) in [6, 6.07) is 1.89. The van der Waals surface area contributed by atoms with E-state index in [0.717, 1.165) is 18.5 Å². The lowest BCUT2D eigenvalue weighted by Crippen LogP contribution is -2.40. The van der Waals surface area contributed by atoms with Crippen LogP contribution >= 0.6 is 0 Å². The minimum absolute atomic E-state index is 0.132. The van der Waals surface area contributed by atoms with Gasteiger partial charge in [-0.2, -0.15) is 18.3 Å². The number of nitrogens with zero attached hydrogens (tertiary/aromatic N) is 3. The van der Waals surface area contributed by atoms with Gasteiger partial charge in [0.15, 0.2) is 0 Å². The molecule has 6 heteroatoms.